The van der Waals surface area contributed by atoms with E-state index in [0.717, 1.165) is 22.7 Å². The second-order valence-corrected chi connectivity index (χ2v) is 8.98. The smallest absolute Gasteiger partial charge is 0.269 e. The highest BCUT2D eigenvalue weighted by atomic mass is 32.2. The fourth-order valence-electron chi connectivity index (χ4n) is 2.94. The molecule has 10 nitrogen and oxygen atoms in total. The Kier molecular flexibility index (Phi) is 6.75. The second-order valence-electron chi connectivity index (χ2n) is 6.97. The van der Waals surface area contributed by atoms with Crippen LogP contribution < -0.4 is 5.32 Å². The molecule has 0 saturated carbocycles. The van der Waals surface area contributed by atoms with E-state index >= 15 is 0 Å². The van der Waals surface area contributed by atoms with Gasteiger partial charge in [-0.3, -0.25) is 24.8 Å². The first-order valence-corrected chi connectivity index (χ1v) is 11.8. The Bertz CT molecular complexity index is 1280. The van der Waals surface area contributed by atoms with E-state index in [2.05, 4.69) is 25.7 Å². The van der Waals surface area contributed by atoms with E-state index in [1.807, 2.05) is 42.7 Å². The normalized spacial score (nSPS) is 10.8. The van der Waals surface area contributed by atoms with Gasteiger partial charge in [-0.2, -0.15) is 0 Å². The fraction of sp³-hybridized carbons (Fsp3) is 0.190. The molecule has 0 unspecified atom stereocenters. The lowest BCUT2D eigenvalue weighted by molar-refractivity contribution is -0.384. The lowest BCUT2D eigenvalue weighted by Crippen LogP contribution is -2.14. The number of anilines is 1. The molecule has 2 aromatic carbocycles. The number of nitro benzene ring substituents is 1. The van der Waals surface area contributed by atoms with Gasteiger partial charge in [0.05, 0.1) is 10.7 Å². The van der Waals surface area contributed by atoms with E-state index in [0.29, 0.717) is 21.7 Å². The summed E-state index contributed by atoms with van der Waals surface area (Å²) in [5.74, 6) is 0.396. The van der Waals surface area contributed by atoms with Crippen molar-refractivity contribution in [2.45, 2.75) is 25.4 Å². The van der Waals surface area contributed by atoms with Crippen molar-refractivity contribution in [1.29, 1.82) is 0 Å². The molecular weight excluding hydrogens is 462 g/mol. The summed E-state index contributed by atoms with van der Waals surface area (Å²) in [7, 11) is 0. The predicted octanol–water partition coefficient (Wildman–Crippen LogP) is 4.30. The topological polar surface area (TPSA) is 129 Å². The Balaban J connectivity index is 1.60. The summed E-state index contributed by atoms with van der Waals surface area (Å²) < 4.78 is 1.83. The number of nitro groups is 1. The van der Waals surface area contributed by atoms with Crippen LogP contribution in [0.2, 0.25) is 0 Å². The number of aryl methyl sites for hydroxylation is 2. The summed E-state index contributed by atoms with van der Waals surface area (Å²) in [6.07, 6.45) is 0.757. The molecule has 0 bridgehead atoms. The summed E-state index contributed by atoms with van der Waals surface area (Å²) in [5.41, 5.74) is 2.58. The SMILES string of the molecule is CCc1nnc(NC(=O)CSc2nnc(-c3ccc([N+](=O)[O-])cc3)n2-c2ccc(C)cc2)s1. The number of amides is 1. The van der Waals surface area contributed by atoms with Crippen LogP contribution in [0.15, 0.2) is 53.7 Å². The molecule has 0 aliphatic rings. The molecule has 2 heterocycles. The third-order valence-corrected chi connectivity index (χ3v) is 6.52. The minimum atomic E-state index is -0.449. The van der Waals surface area contributed by atoms with Crippen molar-refractivity contribution in [3.05, 3.63) is 69.2 Å². The first kappa shape index (κ1) is 22.6. The Morgan fingerprint density at radius 2 is 1.82 bits per heavy atom. The second kappa shape index (κ2) is 9.88. The first-order chi connectivity index (χ1) is 15.9. The molecule has 0 aliphatic carbocycles. The minimum absolute atomic E-state index is 0.00525. The van der Waals surface area contributed by atoms with Gasteiger partial charge in [0.1, 0.15) is 5.01 Å². The van der Waals surface area contributed by atoms with Crippen LogP contribution in [0.3, 0.4) is 0 Å². The van der Waals surface area contributed by atoms with Gasteiger partial charge in [0.25, 0.3) is 5.69 Å². The van der Waals surface area contributed by atoms with E-state index < -0.39 is 4.92 Å². The molecule has 0 aliphatic heterocycles. The van der Waals surface area contributed by atoms with Crippen LogP contribution >= 0.6 is 23.1 Å². The standard InChI is InChI=1S/C21H19N7O3S2/c1-3-18-23-25-20(33-18)22-17(29)12-32-21-26-24-19(14-6-10-16(11-7-14)28(30)31)27(21)15-8-4-13(2)5-9-15/h4-11H,3,12H2,1-2H3,(H,22,25,29). The summed E-state index contributed by atoms with van der Waals surface area (Å²) in [6, 6.07) is 13.9. The molecular formula is C21H19N7O3S2. The Hall–Kier alpha value is -3.64. The number of thioether (sulfide) groups is 1. The summed E-state index contributed by atoms with van der Waals surface area (Å²) in [4.78, 5) is 23.0. The van der Waals surface area contributed by atoms with Crippen molar-refractivity contribution in [2.24, 2.45) is 0 Å². The van der Waals surface area contributed by atoms with Gasteiger partial charge in [-0.1, -0.05) is 47.7 Å². The lowest BCUT2D eigenvalue weighted by Gasteiger charge is -2.10. The highest BCUT2D eigenvalue weighted by Gasteiger charge is 2.18. The molecule has 0 spiro atoms. The van der Waals surface area contributed by atoms with Crippen molar-refractivity contribution in [1.82, 2.24) is 25.0 Å². The van der Waals surface area contributed by atoms with Crippen molar-refractivity contribution in [3.63, 3.8) is 0 Å². The summed E-state index contributed by atoms with van der Waals surface area (Å²) >= 11 is 2.58. The maximum Gasteiger partial charge on any atom is 0.269 e. The average molecular weight is 482 g/mol. The first-order valence-electron chi connectivity index (χ1n) is 9.97. The molecule has 0 saturated heterocycles. The number of hydrogen-bond donors (Lipinski definition) is 1. The fourth-order valence-corrected chi connectivity index (χ4v) is 4.39. The zero-order valence-corrected chi connectivity index (χ0v) is 19.4. The van der Waals surface area contributed by atoms with Gasteiger partial charge >= 0.3 is 0 Å². The van der Waals surface area contributed by atoms with Crippen LogP contribution in [0.1, 0.15) is 17.5 Å². The molecule has 4 rings (SSSR count). The molecule has 168 valence electrons. The minimum Gasteiger partial charge on any atom is -0.300 e. The molecule has 33 heavy (non-hydrogen) atoms. The summed E-state index contributed by atoms with van der Waals surface area (Å²) in [5, 5.41) is 32.1. The number of aromatic nitrogens is 5. The number of nitrogens with one attached hydrogen (secondary N) is 1. The molecule has 0 fully saturated rings. The molecule has 1 amide bonds. The van der Waals surface area contributed by atoms with E-state index in [1.54, 1.807) is 12.1 Å². The van der Waals surface area contributed by atoms with Crippen molar-refractivity contribution < 1.29 is 9.72 Å². The Morgan fingerprint density at radius 1 is 1.09 bits per heavy atom. The van der Waals surface area contributed by atoms with Gasteiger partial charge in [-0.25, -0.2) is 0 Å². The van der Waals surface area contributed by atoms with Gasteiger partial charge in [-0.05, 0) is 37.6 Å². The van der Waals surface area contributed by atoms with Crippen molar-refractivity contribution >= 4 is 39.8 Å². The van der Waals surface area contributed by atoms with Gasteiger partial charge in [-0.15, -0.1) is 20.4 Å². The van der Waals surface area contributed by atoms with Gasteiger partial charge in [0.15, 0.2) is 11.0 Å². The van der Waals surface area contributed by atoms with Crippen LogP contribution in [0.25, 0.3) is 17.1 Å². The average Bonchev–Trinajstić information content (AvgIpc) is 3.45. The van der Waals surface area contributed by atoms with Crippen LogP contribution in [-0.4, -0.2) is 41.5 Å². The number of rotatable bonds is 8. The van der Waals surface area contributed by atoms with Crippen molar-refractivity contribution in [3.8, 4) is 17.1 Å². The number of carbonyl (C=O) groups excluding carboxylic acids is 1. The zero-order valence-electron chi connectivity index (χ0n) is 17.8. The third-order valence-electron chi connectivity index (χ3n) is 4.61. The van der Waals surface area contributed by atoms with E-state index in [-0.39, 0.29) is 17.3 Å². The molecule has 12 heteroatoms. The highest BCUT2D eigenvalue weighted by molar-refractivity contribution is 7.99. The molecule has 0 radical (unpaired) electrons. The molecule has 1 N–H and O–H groups in total. The summed E-state index contributed by atoms with van der Waals surface area (Å²) in [6.45, 7) is 3.97. The number of non-ortho nitro benzene ring substituents is 1. The van der Waals surface area contributed by atoms with Crippen LogP contribution in [0, 0.1) is 17.0 Å². The number of nitrogens with zero attached hydrogens (tertiary/aromatic N) is 6. The maximum absolute atomic E-state index is 12.4. The van der Waals surface area contributed by atoms with Crippen LogP contribution in [0.4, 0.5) is 10.8 Å². The number of benzene rings is 2. The van der Waals surface area contributed by atoms with E-state index in [1.165, 1.54) is 35.2 Å². The van der Waals surface area contributed by atoms with Crippen LogP contribution in [0.5, 0.6) is 0 Å². The maximum atomic E-state index is 12.4. The van der Waals surface area contributed by atoms with Gasteiger partial charge in [0.2, 0.25) is 11.0 Å². The third kappa shape index (κ3) is 5.23. The zero-order chi connectivity index (χ0) is 23.4. The Morgan fingerprint density at radius 3 is 2.45 bits per heavy atom. The largest absolute Gasteiger partial charge is 0.300 e. The Labute approximate surface area is 197 Å². The quantitative estimate of drug-likeness (QED) is 0.224. The van der Waals surface area contributed by atoms with Gasteiger partial charge in [0, 0.05) is 23.4 Å². The number of hydrogen-bond acceptors (Lipinski definition) is 9. The number of carbonyl (C=O) groups is 1. The molecule has 0 atom stereocenters. The van der Waals surface area contributed by atoms with E-state index in [4.69, 9.17) is 0 Å². The monoisotopic (exact) mass is 481 g/mol. The molecule has 4 aromatic rings. The highest BCUT2D eigenvalue weighted by Crippen LogP contribution is 2.29. The van der Waals surface area contributed by atoms with Crippen molar-refractivity contribution in [2.75, 3.05) is 11.1 Å². The van der Waals surface area contributed by atoms with Gasteiger partial charge < -0.3 is 0 Å². The lowest BCUT2D eigenvalue weighted by atomic mass is 10.2. The predicted molar refractivity (Wildman–Crippen MR) is 127 cm³/mol. The molecule has 2 aromatic heterocycles. The van der Waals surface area contributed by atoms with E-state index in [9.17, 15) is 14.9 Å². The van der Waals surface area contributed by atoms with Crippen LogP contribution in [-0.2, 0) is 11.2 Å².